The number of benzene rings is 1. The van der Waals surface area contributed by atoms with Crippen LogP contribution in [0.5, 0.6) is 5.75 Å². The van der Waals surface area contributed by atoms with Gasteiger partial charge in [0.05, 0.1) is 33.5 Å². The molecule has 0 radical (unpaired) electrons. The first-order chi connectivity index (χ1) is 10.3. The second-order valence-electron chi connectivity index (χ2n) is 4.75. The predicted octanol–water partition coefficient (Wildman–Crippen LogP) is 0.789. The van der Waals surface area contributed by atoms with Crippen molar-refractivity contribution in [3.63, 3.8) is 0 Å². The summed E-state index contributed by atoms with van der Waals surface area (Å²) >= 11 is 0. The van der Waals surface area contributed by atoms with Crippen molar-refractivity contribution < 1.29 is 19.0 Å². The monoisotopic (exact) mass is 294 g/mol. The van der Waals surface area contributed by atoms with Crippen molar-refractivity contribution in [3.8, 4) is 5.75 Å². The average molecular weight is 294 g/mol. The van der Waals surface area contributed by atoms with Crippen LogP contribution in [0, 0.1) is 0 Å². The van der Waals surface area contributed by atoms with E-state index in [-0.39, 0.29) is 12.1 Å². The molecule has 0 spiro atoms. The first-order valence-corrected chi connectivity index (χ1v) is 6.99. The zero-order valence-corrected chi connectivity index (χ0v) is 12.5. The summed E-state index contributed by atoms with van der Waals surface area (Å²) in [5.74, 6) is 0.892. The highest BCUT2D eigenvalue weighted by atomic mass is 16.5. The van der Waals surface area contributed by atoms with Gasteiger partial charge in [0.1, 0.15) is 11.9 Å². The summed E-state index contributed by atoms with van der Waals surface area (Å²) in [6.07, 6.45) is -0.102. The number of methoxy groups -OCH3 is 2. The van der Waals surface area contributed by atoms with Crippen LogP contribution in [-0.2, 0) is 14.3 Å². The molecule has 1 amide bonds. The van der Waals surface area contributed by atoms with E-state index in [1.54, 1.807) is 19.1 Å². The van der Waals surface area contributed by atoms with Crippen molar-refractivity contribution in [1.29, 1.82) is 0 Å². The quantitative estimate of drug-likeness (QED) is 0.718. The Morgan fingerprint density at radius 3 is 2.62 bits per heavy atom. The van der Waals surface area contributed by atoms with Crippen LogP contribution >= 0.6 is 0 Å². The molecule has 1 aromatic rings. The first kappa shape index (κ1) is 15.8. The van der Waals surface area contributed by atoms with Crippen LogP contribution in [0.15, 0.2) is 24.3 Å². The van der Waals surface area contributed by atoms with Gasteiger partial charge < -0.3 is 19.1 Å². The summed E-state index contributed by atoms with van der Waals surface area (Å²) in [6.45, 7) is 2.53. The molecule has 6 heteroatoms. The largest absolute Gasteiger partial charge is 0.497 e. The highest BCUT2D eigenvalue weighted by Gasteiger charge is 2.31. The van der Waals surface area contributed by atoms with Crippen LogP contribution in [0.4, 0.5) is 0 Å². The zero-order chi connectivity index (χ0) is 15.1. The average Bonchev–Trinajstić information content (AvgIpc) is 2.88. The minimum absolute atomic E-state index is 0.0890. The summed E-state index contributed by atoms with van der Waals surface area (Å²) in [6, 6.07) is 7.72. The maximum atomic E-state index is 12.0. The van der Waals surface area contributed by atoms with E-state index in [2.05, 4.69) is 5.32 Å². The maximum Gasteiger partial charge on any atom is 0.238 e. The molecule has 1 fully saturated rings. The molecule has 6 nitrogen and oxygen atoms in total. The first-order valence-electron chi connectivity index (χ1n) is 6.99. The molecule has 1 aliphatic rings. The second-order valence-corrected chi connectivity index (χ2v) is 4.75. The summed E-state index contributed by atoms with van der Waals surface area (Å²) < 4.78 is 15.5. The molecule has 1 N–H and O–H groups in total. The summed E-state index contributed by atoms with van der Waals surface area (Å²) in [7, 11) is 3.27. The van der Waals surface area contributed by atoms with Crippen molar-refractivity contribution >= 4 is 5.91 Å². The van der Waals surface area contributed by atoms with Gasteiger partial charge >= 0.3 is 0 Å². The molecule has 0 aromatic heterocycles. The Balaban J connectivity index is 1.92. The lowest BCUT2D eigenvalue weighted by Crippen LogP contribution is -2.33. The fourth-order valence-corrected chi connectivity index (χ4v) is 2.28. The molecule has 1 aromatic carbocycles. The van der Waals surface area contributed by atoms with Crippen molar-refractivity contribution in [2.24, 2.45) is 0 Å². The lowest BCUT2D eigenvalue weighted by atomic mass is 10.1. The van der Waals surface area contributed by atoms with E-state index in [4.69, 9.17) is 14.2 Å². The van der Waals surface area contributed by atoms with Crippen molar-refractivity contribution in [2.45, 2.75) is 6.17 Å². The minimum Gasteiger partial charge on any atom is -0.497 e. The molecule has 1 heterocycles. The molecule has 1 unspecified atom stereocenters. The molecular formula is C15H22N2O4. The number of ether oxygens (including phenoxy) is 3. The van der Waals surface area contributed by atoms with Gasteiger partial charge in [-0.15, -0.1) is 0 Å². The third-order valence-corrected chi connectivity index (χ3v) is 3.42. The smallest absolute Gasteiger partial charge is 0.238 e. The Morgan fingerprint density at radius 1 is 1.19 bits per heavy atom. The molecule has 21 heavy (non-hydrogen) atoms. The number of hydrogen-bond acceptors (Lipinski definition) is 5. The Morgan fingerprint density at radius 2 is 1.95 bits per heavy atom. The molecule has 0 bridgehead atoms. The van der Waals surface area contributed by atoms with Gasteiger partial charge in [0, 0.05) is 13.7 Å². The van der Waals surface area contributed by atoms with Crippen molar-refractivity contribution in [3.05, 3.63) is 29.8 Å². The number of nitrogens with zero attached hydrogens (tertiary/aromatic N) is 1. The topological polar surface area (TPSA) is 60.0 Å². The summed E-state index contributed by atoms with van der Waals surface area (Å²) in [5, 5.41) is 3.22. The minimum atomic E-state index is -0.102. The number of amides is 1. The van der Waals surface area contributed by atoms with Gasteiger partial charge in [-0.1, -0.05) is 12.1 Å². The van der Waals surface area contributed by atoms with Gasteiger partial charge in [-0.2, -0.15) is 0 Å². The highest BCUT2D eigenvalue weighted by Crippen LogP contribution is 2.24. The maximum absolute atomic E-state index is 12.0. The van der Waals surface area contributed by atoms with Gasteiger partial charge in [-0.25, -0.2) is 0 Å². The zero-order valence-electron chi connectivity index (χ0n) is 12.5. The fourth-order valence-electron chi connectivity index (χ4n) is 2.28. The number of carbonyl (C=O) groups is 1. The molecule has 1 atom stereocenters. The fraction of sp³-hybridized carbons (Fsp3) is 0.533. The summed E-state index contributed by atoms with van der Waals surface area (Å²) in [4.78, 5) is 13.8. The number of carbonyl (C=O) groups excluding carboxylic acids is 1. The van der Waals surface area contributed by atoms with Crippen LogP contribution in [0.2, 0.25) is 0 Å². The van der Waals surface area contributed by atoms with Crippen molar-refractivity contribution in [1.82, 2.24) is 10.2 Å². The molecular weight excluding hydrogens is 272 g/mol. The Bertz CT molecular complexity index is 449. The Hall–Kier alpha value is -1.63. The van der Waals surface area contributed by atoms with Crippen LogP contribution < -0.4 is 10.1 Å². The Kier molecular flexibility index (Phi) is 5.98. The predicted molar refractivity (Wildman–Crippen MR) is 78.1 cm³/mol. The highest BCUT2D eigenvalue weighted by molar-refractivity contribution is 5.80. The van der Waals surface area contributed by atoms with Crippen LogP contribution in [0.25, 0.3) is 0 Å². The third-order valence-electron chi connectivity index (χ3n) is 3.42. The van der Waals surface area contributed by atoms with Crippen LogP contribution in [0.3, 0.4) is 0 Å². The third kappa shape index (κ3) is 4.17. The molecule has 1 saturated heterocycles. The van der Waals surface area contributed by atoms with Gasteiger partial charge in [0.2, 0.25) is 5.91 Å². The molecule has 0 aliphatic carbocycles. The van der Waals surface area contributed by atoms with E-state index in [0.717, 1.165) is 11.3 Å². The van der Waals surface area contributed by atoms with E-state index in [9.17, 15) is 4.79 Å². The number of nitrogens with one attached hydrogen (secondary N) is 1. The van der Waals surface area contributed by atoms with Crippen LogP contribution in [0.1, 0.15) is 11.7 Å². The lowest BCUT2D eigenvalue weighted by molar-refractivity contribution is -0.128. The SMILES string of the molecule is COCCOCCN1C(=O)CNC1c1ccc(OC)cc1. The van der Waals surface area contributed by atoms with Crippen molar-refractivity contribution in [2.75, 3.05) is 47.1 Å². The lowest BCUT2D eigenvalue weighted by Gasteiger charge is -2.24. The van der Waals surface area contributed by atoms with E-state index in [1.165, 1.54) is 0 Å². The standard InChI is InChI=1S/C15H22N2O4/c1-19-9-10-21-8-7-17-14(18)11-16-15(17)12-3-5-13(20-2)6-4-12/h3-6,15-16H,7-11H2,1-2H3. The van der Waals surface area contributed by atoms with E-state index in [1.807, 2.05) is 24.3 Å². The second kappa shape index (κ2) is 7.97. The van der Waals surface area contributed by atoms with Gasteiger partial charge in [-0.3, -0.25) is 10.1 Å². The number of rotatable bonds is 8. The molecule has 116 valence electrons. The molecule has 0 saturated carbocycles. The van der Waals surface area contributed by atoms with E-state index in [0.29, 0.717) is 32.9 Å². The van der Waals surface area contributed by atoms with E-state index >= 15 is 0 Å². The molecule has 2 rings (SSSR count). The Labute approximate surface area is 125 Å². The van der Waals surface area contributed by atoms with Crippen LogP contribution in [-0.4, -0.2) is 57.9 Å². The van der Waals surface area contributed by atoms with Gasteiger partial charge in [-0.05, 0) is 17.7 Å². The molecule has 1 aliphatic heterocycles. The van der Waals surface area contributed by atoms with E-state index < -0.39 is 0 Å². The van der Waals surface area contributed by atoms with Gasteiger partial charge in [0.25, 0.3) is 0 Å². The number of hydrogen-bond donors (Lipinski definition) is 1. The summed E-state index contributed by atoms with van der Waals surface area (Å²) in [5.41, 5.74) is 1.04. The van der Waals surface area contributed by atoms with Gasteiger partial charge in [0.15, 0.2) is 0 Å². The normalized spacial score (nSPS) is 18.3.